The summed E-state index contributed by atoms with van der Waals surface area (Å²) in [6.45, 7) is 10.9. The van der Waals surface area contributed by atoms with Gasteiger partial charge in [0.2, 0.25) is 0 Å². The molecule has 1 saturated heterocycles. The average Bonchev–Trinajstić information content (AvgIpc) is 2.41. The Kier molecular flexibility index (Phi) is 4.38. The minimum atomic E-state index is -0.671. The Morgan fingerprint density at radius 3 is 2.56 bits per heavy atom. The molecule has 0 saturated carbocycles. The van der Waals surface area contributed by atoms with E-state index in [1.165, 1.54) is 0 Å². The Balaban J connectivity index is 2.35. The predicted octanol–water partition coefficient (Wildman–Crippen LogP) is 2.08. The van der Waals surface area contributed by atoms with Gasteiger partial charge in [-0.1, -0.05) is 13.8 Å². The van der Waals surface area contributed by atoms with Crippen LogP contribution in [-0.2, 0) is 4.74 Å². The van der Waals surface area contributed by atoms with Gasteiger partial charge in [-0.25, -0.2) is 0 Å². The van der Waals surface area contributed by atoms with Crippen LogP contribution in [0.2, 0.25) is 0 Å². The molecular weight excluding hydrogens is 202 g/mol. The van der Waals surface area contributed by atoms with E-state index in [4.69, 9.17) is 4.74 Å². The number of nitrogens with one attached hydrogen (secondary N) is 1. The number of rotatable bonds is 5. The fourth-order valence-corrected chi connectivity index (χ4v) is 2.21. The maximum absolute atomic E-state index is 10.3. The molecule has 1 aliphatic rings. The highest BCUT2D eigenvalue weighted by atomic mass is 16.5. The standard InChI is InChI=1S/C13H27NO2/c1-10(2)14-9-13(5,15)8-11-6-7-12(3,4)16-11/h10-11,14-15H,6-9H2,1-5H3. The van der Waals surface area contributed by atoms with E-state index in [0.29, 0.717) is 12.6 Å². The molecule has 1 fully saturated rings. The van der Waals surface area contributed by atoms with Crippen LogP contribution in [0.4, 0.5) is 0 Å². The summed E-state index contributed by atoms with van der Waals surface area (Å²) in [5.74, 6) is 0. The first kappa shape index (κ1) is 13.9. The highest BCUT2D eigenvalue weighted by Gasteiger charge is 2.35. The van der Waals surface area contributed by atoms with E-state index in [9.17, 15) is 5.11 Å². The average molecular weight is 229 g/mol. The van der Waals surface area contributed by atoms with Crippen LogP contribution in [-0.4, -0.2) is 35.0 Å². The third-order valence-electron chi connectivity index (χ3n) is 3.11. The van der Waals surface area contributed by atoms with E-state index in [1.807, 2.05) is 6.92 Å². The molecule has 3 nitrogen and oxygen atoms in total. The van der Waals surface area contributed by atoms with Crippen molar-refractivity contribution in [1.82, 2.24) is 5.32 Å². The van der Waals surface area contributed by atoms with E-state index < -0.39 is 5.60 Å². The van der Waals surface area contributed by atoms with Crippen molar-refractivity contribution in [2.75, 3.05) is 6.54 Å². The van der Waals surface area contributed by atoms with Crippen LogP contribution in [0.15, 0.2) is 0 Å². The summed E-state index contributed by atoms with van der Waals surface area (Å²) in [4.78, 5) is 0. The fourth-order valence-electron chi connectivity index (χ4n) is 2.21. The minimum Gasteiger partial charge on any atom is -0.389 e. The van der Waals surface area contributed by atoms with Crippen LogP contribution in [0.25, 0.3) is 0 Å². The summed E-state index contributed by atoms with van der Waals surface area (Å²) >= 11 is 0. The van der Waals surface area contributed by atoms with Crippen LogP contribution in [0, 0.1) is 0 Å². The molecule has 1 aliphatic heterocycles. The molecule has 2 unspecified atom stereocenters. The SMILES string of the molecule is CC(C)NCC(C)(O)CC1CCC(C)(C)O1. The van der Waals surface area contributed by atoms with Gasteiger partial charge in [0.1, 0.15) is 0 Å². The molecule has 0 bridgehead atoms. The van der Waals surface area contributed by atoms with Crippen LogP contribution in [0.1, 0.15) is 53.9 Å². The highest BCUT2D eigenvalue weighted by Crippen LogP contribution is 2.33. The van der Waals surface area contributed by atoms with Crippen molar-refractivity contribution in [2.24, 2.45) is 0 Å². The zero-order valence-corrected chi connectivity index (χ0v) is 11.3. The summed E-state index contributed by atoms with van der Waals surface area (Å²) in [6.07, 6.45) is 3.07. The molecule has 96 valence electrons. The van der Waals surface area contributed by atoms with E-state index in [0.717, 1.165) is 19.3 Å². The molecule has 0 spiro atoms. The number of hydrogen-bond donors (Lipinski definition) is 2. The zero-order chi connectivity index (χ0) is 12.4. The molecule has 16 heavy (non-hydrogen) atoms. The molecule has 0 radical (unpaired) electrons. The normalized spacial score (nSPS) is 28.3. The van der Waals surface area contributed by atoms with Gasteiger partial charge in [-0.05, 0) is 33.6 Å². The Hall–Kier alpha value is -0.120. The molecule has 0 aromatic carbocycles. The summed E-state index contributed by atoms with van der Waals surface area (Å²) in [5.41, 5.74) is -0.679. The van der Waals surface area contributed by atoms with Crippen molar-refractivity contribution in [2.45, 2.75) is 77.2 Å². The summed E-state index contributed by atoms with van der Waals surface area (Å²) in [7, 11) is 0. The second-order valence-corrected chi connectivity index (χ2v) is 6.27. The molecule has 3 heteroatoms. The largest absolute Gasteiger partial charge is 0.389 e. The maximum atomic E-state index is 10.3. The van der Waals surface area contributed by atoms with Crippen LogP contribution >= 0.6 is 0 Å². The molecule has 0 aromatic rings. The lowest BCUT2D eigenvalue weighted by Gasteiger charge is -2.29. The van der Waals surface area contributed by atoms with Crippen molar-refractivity contribution < 1.29 is 9.84 Å². The first-order valence-electron chi connectivity index (χ1n) is 6.34. The zero-order valence-electron chi connectivity index (χ0n) is 11.3. The predicted molar refractivity (Wildman–Crippen MR) is 66.6 cm³/mol. The molecule has 1 heterocycles. The molecule has 1 rings (SSSR count). The number of aliphatic hydroxyl groups is 1. The number of hydrogen-bond acceptors (Lipinski definition) is 3. The van der Waals surface area contributed by atoms with Gasteiger partial charge >= 0.3 is 0 Å². The molecule has 0 amide bonds. The first-order valence-corrected chi connectivity index (χ1v) is 6.34. The topological polar surface area (TPSA) is 41.5 Å². The molecule has 0 aromatic heterocycles. The summed E-state index contributed by atoms with van der Waals surface area (Å²) in [6, 6.07) is 0.410. The van der Waals surface area contributed by atoms with E-state index >= 15 is 0 Å². The van der Waals surface area contributed by atoms with Gasteiger partial charge in [-0.15, -0.1) is 0 Å². The Labute approximate surface area is 99.6 Å². The van der Waals surface area contributed by atoms with Gasteiger partial charge in [-0.2, -0.15) is 0 Å². The fraction of sp³-hybridized carbons (Fsp3) is 1.00. The van der Waals surface area contributed by atoms with Gasteiger partial charge in [0.15, 0.2) is 0 Å². The van der Waals surface area contributed by atoms with E-state index in [2.05, 4.69) is 33.0 Å². The van der Waals surface area contributed by atoms with Crippen molar-refractivity contribution in [3.63, 3.8) is 0 Å². The monoisotopic (exact) mass is 229 g/mol. The van der Waals surface area contributed by atoms with Crippen LogP contribution < -0.4 is 5.32 Å². The third kappa shape index (κ3) is 4.81. The van der Waals surface area contributed by atoms with Crippen molar-refractivity contribution in [3.8, 4) is 0 Å². The van der Waals surface area contributed by atoms with Crippen molar-refractivity contribution in [1.29, 1.82) is 0 Å². The lowest BCUT2D eigenvalue weighted by molar-refractivity contribution is -0.0579. The molecule has 0 aliphatic carbocycles. The van der Waals surface area contributed by atoms with Gasteiger partial charge in [0, 0.05) is 19.0 Å². The molecule has 2 N–H and O–H groups in total. The second kappa shape index (κ2) is 5.03. The first-order chi connectivity index (χ1) is 7.20. The van der Waals surface area contributed by atoms with Crippen LogP contribution in [0.5, 0.6) is 0 Å². The smallest absolute Gasteiger partial charge is 0.0768 e. The lowest BCUT2D eigenvalue weighted by atomic mass is 9.96. The van der Waals surface area contributed by atoms with Crippen LogP contribution in [0.3, 0.4) is 0 Å². The van der Waals surface area contributed by atoms with Gasteiger partial charge in [0.05, 0.1) is 17.3 Å². The summed E-state index contributed by atoms with van der Waals surface area (Å²) in [5, 5.41) is 13.5. The van der Waals surface area contributed by atoms with E-state index in [1.54, 1.807) is 0 Å². The van der Waals surface area contributed by atoms with E-state index in [-0.39, 0.29) is 11.7 Å². The Morgan fingerprint density at radius 2 is 2.12 bits per heavy atom. The van der Waals surface area contributed by atoms with Crippen molar-refractivity contribution in [3.05, 3.63) is 0 Å². The van der Waals surface area contributed by atoms with Crippen molar-refractivity contribution >= 4 is 0 Å². The van der Waals surface area contributed by atoms with Gasteiger partial charge in [0.25, 0.3) is 0 Å². The summed E-state index contributed by atoms with van der Waals surface area (Å²) < 4.78 is 5.90. The maximum Gasteiger partial charge on any atom is 0.0768 e. The molecule has 2 atom stereocenters. The molecular formula is C13H27NO2. The number of ether oxygens (including phenoxy) is 1. The second-order valence-electron chi connectivity index (χ2n) is 6.27. The van der Waals surface area contributed by atoms with Gasteiger partial charge < -0.3 is 15.2 Å². The Bertz CT molecular complexity index is 224. The quantitative estimate of drug-likeness (QED) is 0.758. The highest BCUT2D eigenvalue weighted by molar-refractivity contribution is 4.87. The van der Waals surface area contributed by atoms with Gasteiger partial charge in [-0.3, -0.25) is 0 Å². The lowest BCUT2D eigenvalue weighted by Crippen LogP contribution is -2.43. The Morgan fingerprint density at radius 1 is 1.50 bits per heavy atom. The minimum absolute atomic E-state index is 0.00772. The third-order valence-corrected chi connectivity index (χ3v) is 3.11.